The van der Waals surface area contributed by atoms with E-state index in [9.17, 15) is 4.79 Å². The molecule has 1 aliphatic heterocycles. The summed E-state index contributed by atoms with van der Waals surface area (Å²) in [5, 5.41) is 5.18. The van der Waals surface area contributed by atoms with Crippen LogP contribution in [0.2, 0.25) is 0 Å². The maximum atomic E-state index is 12.4. The van der Waals surface area contributed by atoms with E-state index in [1.165, 1.54) is 0 Å². The number of Topliss-reactive ketones (excluding diaryl/α,β-unsaturated/α-hetero) is 1. The second kappa shape index (κ2) is 7.54. The van der Waals surface area contributed by atoms with E-state index in [4.69, 9.17) is 4.74 Å². The number of morpholine rings is 1. The molecule has 140 valence electrons. The van der Waals surface area contributed by atoms with E-state index in [0.717, 1.165) is 35.1 Å². The summed E-state index contributed by atoms with van der Waals surface area (Å²) >= 11 is 0. The van der Waals surface area contributed by atoms with Gasteiger partial charge in [-0.3, -0.25) is 14.4 Å². The van der Waals surface area contributed by atoms with Crippen molar-refractivity contribution in [2.45, 2.75) is 19.4 Å². The SMILES string of the molecule is C[C@H]1CN(CC(=O)Cc2ncc3ccc(-c4cnn(C)c4)cc3n2)CCO1. The molecule has 3 aromatic rings. The van der Waals surface area contributed by atoms with Crippen LogP contribution in [0, 0.1) is 0 Å². The summed E-state index contributed by atoms with van der Waals surface area (Å²) in [5.41, 5.74) is 2.93. The van der Waals surface area contributed by atoms with Gasteiger partial charge in [0.2, 0.25) is 0 Å². The van der Waals surface area contributed by atoms with Crippen molar-refractivity contribution in [2.24, 2.45) is 7.05 Å². The maximum Gasteiger partial charge on any atom is 0.154 e. The average molecular weight is 365 g/mol. The van der Waals surface area contributed by atoms with Gasteiger partial charge < -0.3 is 4.74 Å². The van der Waals surface area contributed by atoms with Crippen molar-refractivity contribution in [1.82, 2.24) is 24.6 Å². The number of carbonyl (C=O) groups is 1. The van der Waals surface area contributed by atoms with Crippen LogP contribution in [0.5, 0.6) is 0 Å². The van der Waals surface area contributed by atoms with E-state index in [1.807, 2.05) is 44.6 Å². The average Bonchev–Trinajstić information content (AvgIpc) is 3.07. The van der Waals surface area contributed by atoms with Crippen LogP contribution in [0.1, 0.15) is 12.7 Å². The number of hydrogen-bond donors (Lipinski definition) is 0. The number of nitrogens with zero attached hydrogens (tertiary/aromatic N) is 5. The third-order valence-electron chi connectivity index (χ3n) is 4.75. The van der Waals surface area contributed by atoms with Crippen LogP contribution in [-0.2, 0) is 23.0 Å². The number of hydrogen-bond acceptors (Lipinski definition) is 6. The first-order valence-corrected chi connectivity index (χ1v) is 9.17. The number of rotatable bonds is 5. The molecule has 7 heteroatoms. The van der Waals surface area contributed by atoms with Gasteiger partial charge in [0.15, 0.2) is 5.78 Å². The van der Waals surface area contributed by atoms with E-state index >= 15 is 0 Å². The molecule has 7 nitrogen and oxygen atoms in total. The molecule has 0 radical (unpaired) electrons. The van der Waals surface area contributed by atoms with Gasteiger partial charge in [0.1, 0.15) is 5.82 Å². The van der Waals surface area contributed by atoms with Gasteiger partial charge in [-0.25, -0.2) is 9.97 Å². The summed E-state index contributed by atoms with van der Waals surface area (Å²) in [6.07, 6.45) is 6.01. The van der Waals surface area contributed by atoms with Crippen LogP contribution >= 0.6 is 0 Å². The topological polar surface area (TPSA) is 73.1 Å². The van der Waals surface area contributed by atoms with Crippen molar-refractivity contribution in [2.75, 3.05) is 26.2 Å². The Morgan fingerprint density at radius 1 is 1.30 bits per heavy atom. The number of benzene rings is 1. The summed E-state index contributed by atoms with van der Waals surface area (Å²) in [4.78, 5) is 23.6. The van der Waals surface area contributed by atoms with Gasteiger partial charge >= 0.3 is 0 Å². The fraction of sp³-hybridized carbons (Fsp3) is 0.400. The molecular formula is C20H23N5O2. The molecule has 1 saturated heterocycles. The molecule has 0 N–H and O–H groups in total. The molecule has 0 bridgehead atoms. The van der Waals surface area contributed by atoms with Gasteiger partial charge in [-0.05, 0) is 18.6 Å². The second-order valence-corrected chi connectivity index (χ2v) is 7.09. The van der Waals surface area contributed by atoms with Crippen LogP contribution in [0.4, 0.5) is 0 Å². The normalized spacial score (nSPS) is 18.1. The second-order valence-electron chi connectivity index (χ2n) is 7.09. The Morgan fingerprint density at radius 2 is 2.19 bits per heavy atom. The number of carbonyl (C=O) groups excluding carboxylic acids is 1. The first-order chi connectivity index (χ1) is 13.1. The smallest absolute Gasteiger partial charge is 0.154 e. The number of fused-ring (bicyclic) bond motifs is 1. The summed E-state index contributed by atoms with van der Waals surface area (Å²) in [6.45, 7) is 4.72. The van der Waals surface area contributed by atoms with Crippen molar-refractivity contribution >= 4 is 16.7 Å². The molecule has 0 unspecified atom stereocenters. The van der Waals surface area contributed by atoms with Crippen LogP contribution in [0.3, 0.4) is 0 Å². The molecule has 0 amide bonds. The van der Waals surface area contributed by atoms with Crippen molar-refractivity contribution in [3.05, 3.63) is 42.6 Å². The van der Waals surface area contributed by atoms with Gasteiger partial charge in [-0.2, -0.15) is 5.10 Å². The zero-order valence-corrected chi connectivity index (χ0v) is 15.6. The molecule has 1 aromatic carbocycles. The molecule has 4 rings (SSSR count). The number of aryl methyl sites for hydroxylation is 1. The molecule has 1 fully saturated rings. The highest BCUT2D eigenvalue weighted by Crippen LogP contribution is 2.22. The fourth-order valence-corrected chi connectivity index (χ4v) is 3.41. The molecule has 0 saturated carbocycles. The number of ketones is 1. The third-order valence-corrected chi connectivity index (χ3v) is 4.75. The molecule has 1 aliphatic rings. The minimum Gasteiger partial charge on any atom is -0.376 e. The summed E-state index contributed by atoms with van der Waals surface area (Å²) in [5.74, 6) is 0.698. The molecule has 27 heavy (non-hydrogen) atoms. The van der Waals surface area contributed by atoms with Crippen molar-refractivity contribution in [1.29, 1.82) is 0 Å². The first kappa shape index (κ1) is 17.8. The van der Waals surface area contributed by atoms with Crippen molar-refractivity contribution < 1.29 is 9.53 Å². The van der Waals surface area contributed by atoms with Crippen LogP contribution < -0.4 is 0 Å². The van der Waals surface area contributed by atoms with Crippen LogP contribution in [0.25, 0.3) is 22.0 Å². The van der Waals surface area contributed by atoms with E-state index in [1.54, 1.807) is 10.9 Å². The third kappa shape index (κ3) is 4.20. The van der Waals surface area contributed by atoms with E-state index < -0.39 is 0 Å². The highest BCUT2D eigenvalue weighted by molar-refractivity contribution is 5.85. The van der Waals surface area contributed by atoms with E-state index in [0.29, 0.717) is 19.0 Å². The van der Waals surface area contributed by atoms with E-state index in [-0.39, 0.29) is 18.3 Å². The van der Waals surface area contributed by atoms with Crippen molar-refractivity contribution in [3.63, 3.8) is 0 Å². The Morgan fingerprint density at radius 3 is 2.96 bits per heavy atom. The lowest BCUT2D eigenvalue weighted by Gasteiger charge is -2.30. The Bertz CT molecular complexity index is 968. The molecule has 3 heterocycles. The van der Waals surface area contributed by atoms with Crippen LogP contribution in [0.15, 0.2) is 36.8 Å². The minimum absolute atomic E-state index is 0.131. The standard InChI is InChI=1S/C20H23N5O2/c1-14-11-25(5-6-27-14)13-18(26)8-20-21-9-16-4-3-15(7-19(16)23-20)17-10-22-24(2)12-17/h3-4,7,9-10,12,14H,5-6,8,11,13H2,1-2H3/t14-/m0/s1. The Kier molecular flexibility index (Phi) is 4.96. The number of ether oxygens (including phenoxy) is 1. The zero-order chi connectivity index (χ0) is 18.8. The number of aromatic nitrogens is 4. The summed E-state index contributed by atoms with van der Waals surface area (Å²) in [7, 11) is 1.89. The van der Waals surface area contributed by atoms with Gasteiger partial charge in [-0.15, -0.1) is 0 Å². The zero-order valence-electron chi connectivity index (χ0n) is 15.6. The van der Waals surface area contributed by atoms with Crippen molar-refractivity contribution in [3.8, 4) is 11.1 Å². The molecular weight excluding hydrogens is 342 g/mol. The van der Waals surface area contributed by atoms with Gasteiger partial charge in [0.05, 0.1) is 37.4 Å². The lowest BCUT2D eigenvalue weighted by atomic mass is 10.1. The molecule has 0 aliphatic carbocycles. The summed E-state index contributed by atoms with van der Waals surface area (Å²) < 4.78 is 7.30. The lowest BCUT2D eigenvalue weighted by molar-refractivity contribution is -0.121. The Balaban J connectivity index is 1.49. The van der Waals surface area contributed by atoms with E-state index in [2.05, 4.69) is 20.0 Å². The molecule has 2 aromatic heterocycles. The Hall–Kier alpha value is -2.64. The quantitative estimate of drug-likeness (QED) is 0.687. The summed E-state index contributed by atoms with van der Waals surface area (Å²) in [6, 6.07) is 6.05. The fourth-order valence-electron chi connectivity index (χ4n) is 3.41. The first-order valence-electron chi connectivity index (χ1n) is 9.17. The van der Waals surface area contributed by atoms with Crippen LogP contribution in [-0.4, -0.2) is 62.8 Å². The van der Waals surface area contributed by atoms with Gasteiger partial charge in [-0.1, -0.05) is 12.1 Å². The highest BCUT2D eigenvalue weighted by atomic mass is 16.5. The predicted octanol–water partition coefficient (Wildman–Crippen LogP) is 1.86. The molecule has 0 spiro atoms. The molecule has 1 atom stereocenters. The maximum absolute atomic E-state index is 12.4. The highest BCUT2D eigenvalue weighted by Gasteiger charge is 2.19. The lowest BCUT2D eigenvalue weighted by Crippen LogP contribution is -2.43. The van der Waals surface area contributed by atoms with Gasteiger partial charge in [0.25, 0.3) is 0 Å². The largest absolute Gasteiger partial charge is 0.376 e. The monoisotopic (exact) mass is 365 g/mol. The Labute approximate surface area is 158 Å². The predicted molar refractivity (Wildman–Crippen MR) is 102 cm³/mol. The minimum atomic E-state index is 0.131. The van der Waals surface area contributed by atoms with Gasteiger partial charge in [0, 0.05) is 43.5 Å².